The van der Waals surface area contributed by atoms with Gasteiger partial charge in [-0.15, -0.1) is 0 Å². The van der Waals surface area contributed by atoms with Crippen molar-refractivity contribution in [3.8, 4) is 17.2 Å². The zero-order chi connectivity index (χ0) is 30.8. The first-order valence-corrected chi connectivity index (χ1v) is 12.9. The van der Waals surface area contributed by atoms with Gasteiger partial charge in [-0.2, -0.15) is 13.2 Å². The summed E-state index contributed by atoms with van der Waals surface area (Å²) in [6, 6.07) is 8.59. The Hall–Kier alpha value is -4.03. The van der Waals surface area contributed by atoms with Crippen LogP contribution in [0.1, 0.15) is 54.2 Å². The first-order valence-electron chi connectivity index (χ1n) is 12.9. The number of carbonyl (C=O) groups excluding carboxylic acids is 1. The fourth-order valence-corrected chi connectivity index (χ4v) is 4.26. The average molecular weight is 592 g/mol. The Labute approximate surface area is 239 Å². The fraction of sp³-hybridized carbons (Fsp3) is 0.333. The molecule has 0 spiro atoms. The molecule has 4 rings (SSSR count). The van der Waals surface area contributed by atoms with Gasteiger partial charge in [-0.1, -0.05) is 12.1 Å². The van der Waals surface area contributed by atoms with Crippen molar-refractivity contribution in [2.45, 2.75) is 45.1 Å². The van der Waals surface area contributed by atoms with Gasteiger partial charge < -0.3 is 24.5 Å². The monoisotopic (exact) mass is 591 g/mol. The van der Waals surface area contributed by atoms with Crippen LogP contribution in [-0.2, 0) is 17.5 Å². The molecule has 0 bridgehead atoms. The Bertz CT molecular complexity index is 1590. The molecule has 0 fully saturated rings. The lowest BCUT2D eigenvalue weighted by Gasteiger charge is -2.23. The van der Waals surface area contributed by atoms with Gasteiger partial charge in [-0.05, 0) is 63.5 Å². The Morgan fingerprint density at radius 2 is 1.76 bits per heavy atom. The Balaban J connectivity index is 1.80. The number of nitrogens with one attached hydrogen (secondary N) is 2. The number of amides is 1. The third-order valence-electron chi connectivity index (χ3n) is 6.43. The highest BCUT2D eigenvalue weighted by Gasteiger charge is 2.32. The second-order valence-corrected chi connectivity index (χ2v) is 10.5. The first kappa shape index (κ1) is 30.9. The smallest absolute Gasteiger partial charge is 0.416 e. The van der Waals surface area contributed by atoms with E-state index in [-0.39, 0.29) is 47.2 Å². The third-order valence-corrected chi connectivity index (χ3v) is 6.43. The molecule has 7 nitrogen and oxygen atoms in total. The molecule has 1 aromatic heterocycles. The number of fused-ring (bicyclic) bond motifs is 1. The number of ether oxygens (including phenoxy) is 2. The number of hydrogen-bond acceptors (Lipinski definition) is 6. The van der Waals surface area contributed by atoms with Crippen LogP contribution in [0.25, 0.3) is 22.2 Å². The molecule has 0 aliphatic heterocycles. The van der Waals surface area contributed by atoms with Crippen molar-refractivity contribution in [3.63, 3.8) is 0 Å². The second-order valence-electron chi connectivity index (χ2n) is 10.5. The highest BCUT2D eigenvalue weighted by molar-refractivity contribution is 6.00. The van der Waals surface area contributed by atoms with Gasteiger partial charge in [-0.25, -0.2) is 13.8 Å². The zero-order valence-electron chi connectivity index (χ0n) is 23.6. The van der Waals surface area contributed by atoms with E-state index >= 15 is 0 Å². The molecule has 2 N–H and O–H groups in total. The first-order chi connectivity index (χ1) is 19.7. The van der Waals surface area contributed by atoms with E-state index in [0.29, 0.717) is 17.0 Å². The van der Waals surface area contributed by atoms with Crippen LogP contribution in [0.3, 0.4) is 0 Å². The minimum absolute atomic E-state index is 0.0356. The van der Waals surface area contributed by atoms with E-state index in [1.54, 1.807) is 13.1 Å². The van der Waals surface area contributed by atoms with Gasteiger partial charge in [0, 0.05) is 29.1 Å². The number of aromatic nitrogens is 1. The van der Waals surface area contributed by atoms with Gasteiger partial charge in [0.05, 0.1) is 30.9 Å². The van der Waals surface area contributed by atoms with Gasteiger partial charge >= 0.3 is 6.18 Å². The summed E-state index contributed by atoms with van der Waals surface area (Å²) in [6.45, 7) is 5.39. The molecule has 0 saturated heterocycles. The number of benzene rings is 3. The maximum atomic E-state index is 14.2. The lowest BCUT2D eigenvalue weighted by Crippen LogP contribution is -2.31. The second kappa shape index (κ2) is 12.1. The SMILES string of the molecule is CN[C@@H](COC(C)(C)C)c1oc(-c2ccc(OC)c3cc(C(F)(F)F)ccc23)nc1C(=O)NCc1ccc(F)cc1F. The summed E-state index contributed by atoms with van der Waals surface area (Å²) < 4.78 is 85.2. The van der Waals surface area contributed by atoms with E-state index in [1.807, 2.05) is 20.8 Å². The molecular weight excluding hydrogens is 561 g/mol. The lowest BCUT2D eigenvalue weighted by atomic mass is 10.0. The molecule has 1 heterocycles. The number of carbonyl (C=O) groups is 1. The summed E-state index contributed by atoms with van der Waals surface area (Å²) in [4.78, 5) is 17.8. The van der Waals surface area contributed by atoms with E-state index < -0.39 is 40.9 Å². The van der Waals surface area contributed by atoms with Crippen molar-refractivity contribution in [2.24, 2.45) is 0 Å². The minimum Gasteiger partial charge on any atom is -0.496 e. The molecule has 0 aliphatic rings. The van der Waals surface area contributed by atoms with Crippen molar-refractivity contribution >= 4 is 16.7 Å². The normalized spacial score (nSPS) is 12.9. The summed E-state index contributed by atoms with van der Waals surface area (Å²) in [5.74, 6) is -2.02. The van der Waals surface area contributed by atoms with E-state index in [0.717, 1.165) is 18.2 Å². The molecule has 0 unspecified atom stereocenters. The summed E-state index contributed by atoms with van der Waals surface area (Å²) in [6.07, 6.45) is -4.58. The maximum absolute atomic E-state index is 14.2. The fourth-order valence-electron chi connectivity index (χ4n) is 4.26. The number of nitrogens with zero attached hydrogens (tertiary/aromatic N) is 1. The zero-order valence-corrected chi connectivity index (χ0v) is 23.6. The van der Waals surface area contributed by atoms with Gasteiger partial charge in [0.15, 0.2) is 11.5 Å². The van der Waals surface area contributed by atoms with Crippen LogP contribution in [0.4, 0.5) is 22.0 Å². The van der Waals surface area contributed by atoms with Crippen molar-refractivity contribution in [1.82, 2.24) is 15.6 Å². The number of hydrogen-bond donors (Lipinski definition) is 2. The molecule has 0 saturated carbocycles. The highest BCUT2D eigenvalue weighted by Crippen LogP contribution is 2.39. The molecule has 1 atom stereocenters. The lowest BCUT2D eigenvalue weighted by molar-refractivity contribution is -0.137. The van der Waals surface area contributed by atoms with Gasteiger partial charge in [0.25, 0.3) is 5.91 Å². The Morgan fingerprint density at radius 1 is 1.02 bits per heavy atom. The number of likely N-dealkylation sites (N-methyl/N-ethyl adjacent to an activating group) is 1. The Morgan fingerprint density at radius 3 is 2.38 bits per heavy atom. The van der Waals surface area contributed by atoms with Crippen molar-refractivity contribution < 1.29 is 40.6 Å². The standard InChI is InChI=1S/C30H30F5N3O4/c1-29(2,3)41-15-23(36-4)26-25(27(39)37-14-16-6-8-18(31)13-22(16)32)38-28(42-26)20-10-11-24(40-5)21-12-17(30(33,34)35)7-9-19(20)21/h6-13,23,36H,14-15H2,1-5H3,(H,37,39)/t23-/m0/s1. The predicted octanol–water partition coefficient (Wildman–Crippen LogP) is 6.81. The largest absolute Gasteiger partial charge is 0.496 e. The molecule has 0 aliphatic carbocycles. The van der Waals surface area contributed by atoms with Crippen LogP contribution in [-0.4, -0.2) is 37.3 Å². The highest BCUT2D eigenvalue weighted by atomic mass is 19.4. The molecule has 224 valence electrons. The number of oxazole rings is 1. The van der Waals surface area contributed by atoms with Crippen LogP contribution in [0.2, 0.25) is 0 Å². The quantitative estimate of drug-likeness (QED) is 0.208. The maximum Gasteiger partial charge on any atom is 0.416 e. The van der Waals surface area contributed by atoms with E-state index in [4.69, 9.17) is 13.9 Å². The van der Waals surface area contributed by atoms with Crippen LogP contribution in [0, 0.1) is 11.6 Å². The van der Waals surface area contributed by atoms with Gasteiger partial charge in [0.2, 0.25) is 5.89 Å². The molecule has 3 aromatic carbocycles. The number of halogens is 5. The topological polar surface area (TPSA) is 85.6 Å². The van der Waals surface area contributed by atoms with E-state index in [9.17, 15) is 26.7 Å². The van der Waals surface area contributed by atoms with Gasteiger partial charge in [-0.3, -0.25) is 4.79 Å². The van der Waals surface area contributed by atoms with Crippen molar-refractivity contribution in [3.05, 3.63) is 82.7 Å². The number of methoxy groups -OCH3 is 1. The molecule has 42 heavy (non-hydrogen) atoms. The average Bonchev–Trinajstić information content (AvgIpc) is 3.36. The van der Waals surface area contributed by atoms with Gasteiger partial charge in [0.1, 0.15) is 17.4 Å². The van der Waals surface area contributed by atoms with E-state index in [1.165, 1.54) is 25.3 Å². The van der Waals surface area contributed by atoms with E-state index in [2.05, 4.69) is 15.6 Å². The molecule has 12 heteroatoms. The molecule has 4 aromatic rings. The Kier molecular flexibility index (Phi) is 8.88. The summed E-state index contributed by atoms with van der Waals surface area (Å²) in [5.41, 5.74) is -1.15. The molecule has 1 amide bonds. The molecule has 0 radical (unpaired) electrons. The van der Waals surface area contributed by atoms with Crippen LogP contribution >= 0.6 is 0 Å². The van der Waals surface area contributed by atoms with Crippen LogP contribution < -0.4 is 15.4 Å². The minimum atomic E-state index is -4.58. The number of alkyl halides is 3. The molecular formula is C30H30F5N3O4. The van der Waals surface area contributed by atoms with Crippen LogP contribution in [0.15, 0.2) is 52.9 Å². The number of rotatable bonds is 9. The van der Waals surface area contributed by atoms with Crippen molar-refractivity contribution in [2.75, 3.05) is 20.8 Å². The summed E-state index contributed by atoms with van der Waals surface area (Å²) in [7, 11) is 2.98. The van der Waals surface area contributed by atoms with Crippen LogP contribution in [0.5, 0.6) is 5.75 Å². The third kappa shape index (κ3) is 6.88. The summed E-state index contributed by atoms with van der Waals surface area (Å²) in [5, 5.41) is 6.13. The van der Waals surface area contributed by atoms with Crippen molar-refractivity contribution in [1.29, 1.82) is 0 Å². The summed E-state index contributed by atoms with van der Waals surface area (Å²) >= 11 is 0. The predicted molar refractivity (Wildman–Crippen MR) is 146 cm³/mol.